The molecule has 4 unspecified atom stereocenters. The van der Waals surface area contributed by atoms with Gasteiger partial charge in [-0.3, -0.25) is 4.79 Å². The van der Waals surface area contributed by atoms with Crippen molar-refractivity contribution in [1.82, 2.24) is 9.97 Å². The molecule has 2 aliphatic rings. The maximum atomic E-state index is 11.1. The second-order valence-corrected chi connectivity index (χ2v) is 4.33. The third-order valence-corrected chi connectivity index (χ3v) is 3.44. The Hall–Kier alpha value is -1.40. The largest absolute Gasteiger partial charge is 0.376 e. The van der Waals surface area contributed by atoms with Crippen molar-refractivity contribution in [1.29, 1.82) is 0 Å². The molecule has 0 aromatic carbocycles. The molecule has 0 bridgehead atoms. The van der Waals surface area contributed by atoms with Gasteiger partial charge in [0.2, 0.25) is 0 Å². The summed E-state index contributed by atoms with van der Waals surface area (Å²) >= 11 is 0. The molecule has 1 aliphatic carbocycles. The highest BCUT2D eigenvalue weighted by molar-refractivity contribution is 5.36. The summed E-state index contributed by atoms with van der Waals surface area (Å²) in [6, 6.07) is 1.59. The van der Waals surface area contributed by atoms with Crippen molar-refractivity contribution in [2.45, 2.75) is 24.6 Å². The first-order chi connectivity index (χ1) is 7.75. The normalized spacial score (nSPS) is 36.6. The Morgan fingerprint density at radius 2 is 2.50 bits per heavy atom. The van der Waals surface area contributed by atoms with E-state index in [2.05, 4.69) is 15.3 Å². The molecule has 1 aliphatic heterocycles. The Morgan fingerprint density at radius 1 is 1.62 bits per heavy atom. The van der Waals surface area contributed by atoms with E-state index in [0.717, 1.165) is 13.0 Å². The minimum absolute atomic E-state index is 0.0711. The number of anilines is 1. The lowest BCUT2D eigenvalue weighted by Crippen LogP contribution is -2.65. The van der Waals surface area contributed by atoms with Gasteiger partial charge in [-0.25, -0.2) is 4.98 Å². The first-order valence-corrected chi connectivity index (χ1v) is 5.44. The molecule has 0 spiro atoms. The molecule has 4 atom stereocenters. The van der Waals surface area contributed by atoms with E-state index in [-0.39, 0.29) is 23.7 Å². The van der Waals surface area contributed by atoms with Crippen molar-refractivity contribution in [3.05, 3.63) is 22.7 Å². The fraction of sp³-hybridized carbons (Fsp3) is 0.600. The molecular weight excluding hydrogens is 208 g/mol. The van der Waals surface area contributed by atoms with Gasteiger partial charge in [-0.2, -0.15) is 0 Å². The highest BCUT2D eigenvalue weighted by atomic mass is 16.5. The zero-order chi connectivity index (χ0) is 11.1. The molecule has 2 heterocycles. The van der Waals surface area contributed by atoms with Gasteiger partial charge < -0.3 is 20.8 Å². The van der Waals surface area contributed by atoms with Crippen LogP contribution in [0.4, 0.5) is 5.82 Å². The van der Waals surface area contributed by atoms with E-state index in [0.29, 0.717) is 11.7 Å². The first-order valence-electron chi connectivity index (χ1n) is 5.44. The molecule has 2 fully saturated rings. The van der Waals surface area contributed by atoms with E-state index in [4.69, 9.17) is 10.5 Å². The summed E-state index contributed by atoms with van der Waals surface area (Å²) in [5.74, 6) is 1.01. The van der Waals surface area contributed by atoms with Gasteiger partial charge in [0.1, 0.15) is 5.82 Å². The minimum Gasteiger partial charge on any atom is -0.376 e. The first kappa shape index (κ1) is 9.80. The number of nitrogens with two attached hydrogens (primary N) is 1. The Morgan fingerprint density at radius 3 is 3.31 bits per heavy atom. The molecule has 0 radical (unpaired) electrons. The van der Waals surface area contributed by atoms with E-state index >= 15 is 0 Å². The van der Waals surface area contributed by atoms with Gasteiger partial charge in [0.25, 0.3) is 5.56 Å². The molecule has 1 aromatic heterocycles. The zero-order valence-electron chi connectivity index (χ0n) is 8.72. The van der Waals surface area contributed by atoms with Crippen LogP contribution in [0, 0.1) is 5.92 Å². The molecule has 0 amide bonds. The van der Waals surface area contributed by atoms with Gasteiger partial charge in [-0.05, 0) is 6.42 Å². The number of nitrogens with zero attached hydrogens (tertiary/aromatic N) is 1. The summed E-state index contributed by atoms with van der Waals surface area (Å²) in [6.45, 7) is 0.782. The number of aromatic amines is 1. The molecule has 1 aromatic rings. The Bertz CT molecular complexity index is 446. The predicted molar refractivity (Wildman–Crippen MR) is 58.1 cm³/mol. The summed E-state index contributed by atoms with van der Waals surface area (Å²) < 4.78 is 5.58. The van der Waals surface area contributed by atoms with E-state index in [1.807, 2.05) is 0 Å². The Labute approximate surface area is 92.2 Å². The molecule has 3 rings (SSSR count). The lowest BCUT2D eigenvalue weighted by atomic mass is 9.72. The van der Waals surface area contributed by atoms with E-state index in [1.54, 1.807) is 0 Å². The lowest BCUT2D eigenvalue weighted by Gasteiger charge is -2.45. The number of hydrogen-bond donors (Lipinski definition) is 3. The SMILES string of the molecule is NC1C2CCOC2C1Nc1cc(=O)[nH]cn1. The summed E-state index contributed by atoms with van der Waals surface area (Å²) in [6.07, 6.45) is 2.59. The van der Waals surface area contributed by atoms with Crippen LogP contribution >= 0.6 is 0 Å². The predicted octanol–water partition coefficient (Wildman–Crippen LogP) is -0.704. The van der Waals surface area contributed by atoms with Gasteiger partial charge in [0, 0.05) is 24.6 Å². The number of fused-ring (bicyclic) bond motifs is 1. The van der Waals surface area contributed by atoms with Crippen LogP contribution in [0.2, 0.25) is 0 Å². The Balaban J connectivity index is 1.74. The number of H-pyrrole nitrogens is 1. The monoisotopic (exact) mass is 222 g/mol. The standard InChI is InChI=1S/C10H14N4O2/c11-8-5-1-2-16-10(5)9(8)14-6-3-7(15)13-4-12-6/h3-5,8-10H,1-2,11H2,(H2,12,13,14,15). The topological polar surface area (TPSA) is 93.0 Å². The smallest absolute Gasteiger partial charge is 0.252 e. The van der Waals surface area contributed by atoms with Crippen LogP contribution in [-0.2, 0) is 4.74 Å². The van der Waals surface area contributed by atoms with Crippen LogP contribution in [0.1, 0.15) is 6.42 Å². The van der Waals surface area contributed by atoms with Crippen molar-refractivity contribution in [2.24, 2.45) is 11.7 Å². The van der Waals surface area contributed by atoms with Crippen molar-refractivity contribution >= 4 is 5.82 Å². The average molecular weight is 222 g/mol. The van der Waals surface area contributed by atoms with Crippen molar-refractivity contribution in [3.8, 4) is 0 Å². The molecule has 6 nitrogen and oxygen atoms in total. The third-order valence-electron chi connectivity index (χ3n) is 3.44. The molecule has 86 valence electrons. The molecule has 4 N–H and O–H groups in total. The lowest BCUT2D eigenvalue weighted by molar-refractivity contribution is 0.00523. The summed E-state index contributed by atoms with van der Waals surface area (Å²) in [7, 11) is 0. The van der Waals surface area contributed by atoms with Crippen LogP contribution in [0.15, 0.2) is 17.2 Å². The van der Waals surface area contributed by atoms with E-state index < -0.39 is 0 Å². The van der Waals surface area contributed by atoms with Crippen LogP contribution < -0.4 is 16.6 Å². The maximum absolute atomic E-state index is 11.1. The summed E-state index contributed by atoms with van der Waals surface area (Å²) in [5, 5.41) is 3.16. The van der Waals surface area contributed by atoms with E-state index in [1.165, 1.54) is 12.4 Å². The van der Waals surface area contributed by atoms with Crippen LogP contribution in [0.5, 0.6) is 0 Å². The van der Waals surface area contributed by atoms with Gasteiger partial charge in [-0.1, -0.05) is 0 Å². The summed E-state index contributed by atoms with van der Waals surface area (Å²) in [4.78, 5) is 17.6. The molecule has 16 heavy (non-hydrogen) atoms. The number of nitrogens with one attached hydrogen (secondary N) is 2. The number of ether oxygens (including phenoxy) is 1. The fourth-order valence-electron chi connectivity index (χ4n) is 2.55. The number of aromatic nitrogens is 2. The molecule has 1 saturated carbocycles. The average Bonchev–Trinajstić information content (AvgIpc) is 2.70. The van der Waals surface area contributed by atoms with E-state index in [9.17, 15) is 4.79 Å². The van der Waals surface area contributed by atoms with Gasteiger partial charge in [0.15, 0.2) is 0 Å². The molecule has 6 heteroatoms. The second-order valence-electron chi connectivity index (χ2n) is 4.33. The maximum Gasteiger partial charge on any atom is 0.252 e. The van der Waals surface area contributed by atoms with Gasteiger partial charge in [-0.15, -0.1) is 0 Å². The molecular formula is C10H14N4O2. The van der Waals surface area contributed by atoms with Crippen molar-refractivity contribution < 1.29 is 4.74 Å². The fourth-order valence-corrected chi connectivity index (χ4v) is 2.55. The van der Waals surface area contributed by atoms with Crippen LogP contribution in [0.3, 0.4) is 0 Å². The molecule has 1 saturated heterocycles. The quantitative estimate of drug-likeness (QED) is 0.615. The van der Waals surface area contributed by atoms with Crippen LogP contribution in [-0.4, -0.2) is 34.8 Å². The highest BCUT2D eigenvalue weighted by Crippen LogP contribution is 2.38. The van der Waals surface area contributed by atoms with Gasteiger partial charge >= 0.3 is 0 Å². The minimum atomic E-state index is -0.172. The third kappa shape index (κ3) is 1.42. The highest BCUT2D eigenvalue weighted by Gasteiger charge is 2.52. The van der Waals surface area contributed by atoms with Crippen molar-refractivity contribution in [3.63, 3.8) is 0 Å². The van der Waals surface area contributed by atoms with Crippen LogP contribution in [0.25, 0.3) is 0 Å². The number of rotatable bonds is 2. The second kappa shape index (κ2) is 3.57. The van der Waals surface area contributed by atoms with Crippen molar-refractivity contribution in [2.75, 3.05) is 11.9 Å². The number of hydrogen-bond acceptors (Lipinski definition) is 5. The Kier molecular flexibility index (Phi) is 2.19. The summed E-state index contributed by atoms with van der Waals surface area (Å²) in [5.41, 5.74) is 5.87. The zero-order valence-corrected chi connectivity index (χ0v) is 8.72. The van der Waals surface area contributed by atoms with Gasteiger partial charge in [0.05, 0.1) is 18.5 Å².